The van der Waals surface area contributed by atoms with Crippen LogP contribution in [-0.4, -0.2) is 23.3 Å². The molecular formula is C16H39NOSi2. The third-order valence-corrected chi connectivity index (χ3v) is 16.0. The molecule has 0 radical (unpaired) electrons. The van der Waals surface area contributed by atoms with Gasteiger partial charge in [-0.05, 0) is 35.1 Å². The van der Waals surface area contributed by atoms with E-state index in [-0.39, 0.29) is 15.1 Å². The van der Waals surface area contributed by atoms with E-state index < -0.39 is 16.7 Å². The Balaban J connectivity index is 6.07. The molecule has 0 unspecified atom stereocenters. The van der Waals surface area contributed by atoms with Crippen LogP contribution in [0.15, 0.2) is 0 Å². The van der Waals surface area contributed by atoms with E-state index in [1.54, 1.807) is 0 Å². The molecule has 0 aromatic heterocycles. The molecule has 0 saturated carbocycles. The first kappa shape index (κ1) is 20.4. The Hall–Kier alpha value is 0.354. The zero-order valence-corrected chi connectivity index (χ0v) is 18.1. The molecule has 0 aromatic rings. The molecule has 0 aliphatic carbocycles. The summed E-state index contributed by atoms with van der Waals surface area (Å²) in [5.41, 5.74) is 0. The highest BCUT2D eigenvalue weighted by atomic mass is 28.4. The van der Waals surface area contributed by atoms with Gasteiger partial charge in [0.2, 0.25) is 0 Å². The minimum absolute atomic E-state index is 0.269. The molecule has 0 spiro atoms. The topological polar surface area (TPSA) is 21.3 Å². The van der Waals surface area contributed by atoms with Gasteiger partial charge in [0.1, 0.15) is 8.24 Å². The number of hydrogen-bond acceptors (Lipinski definition) is 2. The second kappa shape index (κ2) is 5.86. The molecule has 0 amide bonds. The standard InChI is InChI=1S/C16H39NOSi2/c1-13-18-19(11,12)17-20(14(2,3)4,15(5,6)7)16(8,9)10/h17H,13H2,1-12H3. The predicted octanol–water partition coefficient (Wildman–Crippen LogP) is 5.66. The summed E-state index contributed by atoms with van der Waals surface area (Å²) in [6, 6.07) is 0. The second-order valence-corrected chi connectivity index (χ2v) is 19.9. The van der Waals surface area contributed by atoms with E-state index in [1.807, 2.05) is 0 Å². The van der Waals surface area contributed by atoms with Crippen molar-refractivity contribution in [3.8, 4) is 0 Å². The molecule has 0 bridgehead atoms. The van der Waals surface area contributed by atoms with Crippen LogP contribution in [0.4, 0.5) is 0 Å². The molecule has 0 rings (SSSR count). The average molecular weight is 318 g/mol. The number of rotatable bonds is 4. The Kier molecular flexibility index (Phi) is 5.96. The van der Waals surface area contributed by atoms with Crippen LogP contribution < -0.4 is 4.65 Å². The lowest BCUT2D eigenvalue weighted by molar-refractivity contribution is 0.322. The van der Waals surface area contributed by atoms with E-state index >= 15 is 0 Å². The van der Waals surface area contributed by atoms with E-state index in [2.05, 4.69) is 87.0 Å². The molecule has 0 saturated heterocycles. The average Bonchev–Trinajstić information content (AvgIpc) is 2.07. The van der Waals surface area contributed by atoms with Crippen LogP contribution in [0.3, 0.4) is 0 Å². The van der Waals surface area contributed by atoms with Gasteiger partial charge in [0.05, 0.1) is 0 Å². The maximum absolute atomic E-state index is 6.13. The van der Waals surface area contributed by atoms with E-state index in [4.69, 9.17) is 4.43 Å². The Labute approximate surface area is 130 Å². The summed E-state index contributed by atoms with van der Waals surface area (Å²) in [4.78, 5) is 0. The SMILES string of the molecule is CCO[Si](C)(C)N[Si](C(C)(C)C)(C(C)(C)C)C(C)(C)C. The molecular weight excluding hydrogens is 278 g/mol. The molecule has 2 nitrogen and oxygen atoms in total. The minimum atomic E-state index is -1.89. The van der Waals surface area contributed by atoms with Crippen molar-refractivity contribution in [1.82, 2.24) is 4.65 Å². The highest BCUT2D eigenvalue weighted by Crippen LogP contribution is 2.60. The highest BCUT2D eigenvalue weighted by Gasteiger charge is 2.61. The normalized spacial score (nSPS) is 15.6. The molecule has 0 aliphatic heterocycles. The lowest BCUT2D eigenvalue weighted by atomic mass is 10.2. The summed E-state index contributed by atoms with van der Waals surface area (Å²) in [5, 5.41) is 0.806. The van der Waals surface area contributed by atoms with E-state index in [0.29, 0.717) is 0 Å². The summed E-state index contributed by atoms with van der Waals surface area (Å²) in [6.07, 6.45) is 0. The van der Waals surface area contributed by atoms with Crippen LogP contribution >= 0.6 is 0 Å². The van der Waals surface area contributed by atoms with Crippen molar-refractivity contribution >= 4 is 16.7 Å². The lowest BCUT2D eigenvalue weighted by Gasteiger charge is -2.61. The van der Waals surface area contributed by atoms with Gasteiger partial charge in [0.15, 0.2) is 0 Å². The van der Waals surface area contributed by atoms with Gasteiger partial charge >= 0.3 is 0 Å². The van der Waals surface area contributed by atoms with Gasteiger partial charge in [-0.25, -0.2) is 0 Å². The Morgan fingerprint density at radius 3 is 1.25 bits per heavy atom. The van der Waals surface area contributed by atoms with Crippen molar-refractivity contribution in [3.05, 3.63) is 0 Å². The molecule has 4 heteroatoms. The summed E-state index contributed by atoms with van der Waals surface area (Å²) in [6.45, 7) is 29.3. The van der Waals surface area contributed by atoms with Crippen molar-refractivity contribution in [2.75, 3.05) is 6.61 Å². The molecule has 0 fully saturated rings. The van der Waals surface area contributed by atoms with Crippen LogP contribution in [0.25, 0.3) is 0 Å². The fourth-order valence-electron chi connectivity index (χ4n) is 4.79. The van der Waals surface area contributed by atoms with Crippen LogP contribution in [0.1, 0.15) is 69.2 Å². The summed E-state index contributed by atoms with van der Waals surface area (Å²) in [7, 11) is -3.74. The molecule has 0 heterocycles. The quantitative estimate of drug-likeness (QED) is 0.675. The Bertz CT molecular complexity index is 283. The van der Waals surface area contributed by atoms with Gasteiger partial charge < -0.3 is 9.07 Å². The number of nitrogens with one attached hydrogen (secondary N) is 1. The van der Waals surface area contributed by atoms with Gasteiger partial charge in [-0.2, -0.15) is 0 Å². The Morgan fingerprint density at radius 1 is 0.750 bits per heavy atom. The van der Waals surface area contributed by atoms with Crippen molar-refractivity contribution in [3.63, 3.8) is 0 Å². The molecule has 0 atom stereocenters. The van der Waals surface area contributed by atoms with E-state index in [9.17, 15) is 0 Å². The first-order valence-corrected chi connectivity index (χ1v) is 12.9. The molecule has 0 aliphatic rings. The smallest absolute Gasteiger partial charge is 0.255 e. The summed E-state index contributed by atoms with van der Waals surface area (Å²) < 4.78 is 10.3. The maximum Gasteiger partial charge on any atom is 0.255 e. The van der Waals surface area contributed by atoms with Gasteiger partial charge in [-0.15, -0.1) is 0 Å². The van der Waals surface area contributed by atoms with Gasteiger partial charge in [0.25, 0.3) is 8.48 Å². The van der Waals surface area contributed by atoms with E-state index in [1.165, 1.54) is 0 Å². The predicted molar refractivity (Wildman–Crippen MR) is 97.1 cm³/mol. The van der Waals surface area contributed by atoms with E-state index in [0.717, 1.165) is 6.61 Å². The summed E-state index contributed by atoms with van der Waals surface area (Å²) in [5.74, 6) is 0. The zero-order chi connectivity index (χ0) is 16.6. The summed E-state index contributed by atoms with van der Waals surface area (Å²) >= 11 is 0. The minimum Gasteiger partial charge on any atom is -0.404 e. The first-order chi connectivity index (χ1) is 8.52. The van der Waals surface area contributed by atoms with Crippen molar-refractivity contribution in [2.24, 2.45) is 0 Å². The lowest BCUT2D eigenvalue weighted by Crippen LogP contribution is -2.75. The van der Waals surface area contributed by atoms with Gasteiger partial charge in [-0.3, -0.25) is 0 Å². The van der Waals surface area contributed by atoms with Crippen molar-refractivity contribution in [2.45, 2.75) is 97.4 Å². The first-order valence-electron chi connectivity index (χ1n) is 7.95. The monoisotopic (exact) mass is 317 g/mol. The van der Waals surface area contributed by atoms with Gasteiger partial charge in [-0.1, -0.05) is 62.3 Å². The zero-order valence-electron chi connectivity index (χ0n) is 16.1. The molecule has 0 aromatic carbocycles. The number of hydrogen-bond donors (Lipinski definition) is 1. The fraction of sp³-hybridized carbons (Fsp3) is 1.00. The maximum atomic E-state index is 6.13. The third-order valence-electron chi connectivity index (χ3n) is 4.37. The van der Waals surface area contributed by atoms with Crippen LogP contribution in [0, 0.1) is 0 Å². The Morgan fingerprint density at radius 2 is 1.05 bits per heavy atom. The van der Waals surface area contributed by atoms with Crippen LogP contribution in [0.2, 0.25) is 28.2 Å². The molecule has 20 heavy (non-hydrogen) atoms. The largest absolute Gasteiger partial charge is 0.404 e. The van der Waals surface area contributed by atoms with Crippen molar-refractivity contribution < 1.29 is 4.43 Å². The fourth-order valence-corrected chi connectivity index (χ4v) is 20.7. The highest BCUT2D eigenvalue weighted by molar-refractivity contribution is 6.94. The molecule has 1 N–H and O–H groups in total. The van der Waals surface area contributed by atoms with Gasteiger partial charge in [0, 0.05) is 6.61 Å². The molecule has 122 valence electrons. The second-order valence-electron chi connectivity index (χ2n) is 9.57. The van der Waals surface area contributed by atoms with Crippen LogP contribution in [-0.2, 0) is 4.43 Å². The third kappa shape index (κ3) is 3.96. The van der Waals surface area contributed by atoms with Crippen molar-refractivity contribution in [1.29, 1.82) is 0 Å². The van der Waals surface area contributed by atoms with Crippen LogP contribution in [0.5, 0.6) is 0 Å².